The van der Waals surface area contributed by atoms with Gasteiger partial charge in [-0.3, -0.25) is 4.79 Å². The van der Waals surface area contributed by atoms with Crippen LogP contribution in [0.4, 0.5) is 0 Å². The van der Waals surface area contributed by atoms with Crippen LogP contribution in [0.25, 0.3) is 0 Å². The highest BCUT2D eigenvalue weighted by Crippen LogP contribution is 2.36. The molecule has 164 valence electrons. The number of pyridine rings is 1. The number of hydrogen-bond acceptors (Lipinski definition) is 2. The molecule has 1 aromatic rings. The average Bonchev–Trinajstić information content (AvgIpc) is 3.21. The lowest BCUT2D eigenvalue weighted by molar-refractivity contribution is -0.680. The first kappa shape index (κ1) is 24.2. The Hall–Kier alpha value is -1.03. The molecule has 29 heavy (non-hydrogen) atoms. The quantitative estimate of drug-likeness (QED) is 0.237. The minimum Gasteiger partial charge on any atom is -0.320 e. The van der Waals surface area contributed by atoms with E-state index in [9.17, 15) is 4.79 Å². The highest BCUT2D eigenvalue weighted by atomic mass is 32.2. The normalized spacial score (nSPS) is 16.5. The molecular formula is C25H43N2OS+. The van der Waals surface area contributed by atoms with Crippen LogP contribution in [0.2, 0.25) is 0 Å². The number of rotatable bonds is 15. The molecule has 0 aromatic carbocycles. The van der Waals surface area contributed by atoms with Crippen LogP contribution in [-0.4, -0.2) is 23.1 Å². The molecule has 1 unspecified atom stereocenters. The summed E-state index contributed by atoms with van der Waals surface area (Å²) in [4.78, 5) is 14.8. The Morgan fingerprint density at radius 2 is 1.55 bits per heavy atom. The number of thioether (sulfide) groups is 1. The molecule has 1 aromatic heterocycles. The molecule has 4 heteroatoms. The van der Waals surface area contributed by atoms with Gasteiger partial charge in [0.05, 0.1) is 0 Å². The SMILES string of the molecule is CCCCCCCCCCCCCCCC(=O)N1CCSC1c1cccc[n+]1C. The first-order valence-electron chi connectivity index (χ1n) is 12.1. The predicted molar refractivity (Wildman–Crippen MR) is 125 cm³/mol. The van der Waals surface area contributed by atoms with Crippen LogP contribution in [-0.2, 0) is 11.8 Å². The van der Waals surface area contributed by atoms with Crippen molar-refractivity contribution in [2.45, 2.75) is 102 Å². The fraction of sp³-hybridized carbons (Fsp3) is 0.760. The summed E-state index contributed by atoms with van der Waals surface area (Å²) < 4.78 is 2.15. The topological polar surface area (TPSA) is 24.2 Å². The predicted octanol–water partition coefficient (Wildman–Crippen LogP) is 6.57. The Morgan fingerprint density at radius 3 is 2.14 bits per heavy atom. The Labute approximate surface area is 183 Å². The summed E-state index contributed by atoms with van der Waals surface area (Å²) >= 11 is 1.89. The van der Waals surface area contributed by atoms with Gasteiger partial charge in [0.25, 0.3) is 0 Å². The summed E-state index contributed by atoms with van der Waals surface area (Å²) in [6.07, 6.45) is 20.3. The fourth-order valence-electron chi connectivity index (χ4n) is 4.20. The van der Waals surface area contributed by atoms with Crippen molar-refractivity contribution in [2.24, 2.45) is 7.05 Å². The molecular weight excluding hydrogens is 376 g/mol. The standard InChI is InChI=1S/C25H43N2OS/c1-3-4-5-6-7-8-9-10-11-12-13-14-15-19-24(28)27-21-22-29-25(27)23-18-16-17-20-26(23)2/h16-18,20,25H,3-15,19,21-22H2,1-2H3/q+1. The minimum absolute atomic E-state index is 0.190. The fourth-order valence-corrected chi connectivity index (χ4v) is 5.55. The Kier molecular flexibility index (Phi) is 12.4. The van der Waals surface area contributed by atoms with Crippen molar-refractivity contribution in [2.75, 3.05) is 12.3 Å². The van der Waals surface area contributed by atoms with E-state index < -0.39 is 0 Å². The smallest absolute Gasteiger partial charge is 0.223 e. The molecule has 0 radical (unpaired) electrons. The van der Waals surface area contributed by atoms with Gasteiger partial charge in [-0.05, 0) is 12.5 Å². The van der Waals surface area contributed by atoms with Gasteiger partial charge in [-0.25, -0.2) is 4.57 Å². The highest BCUT2D eigenvalue weighted by Gasteiger charge is 2.34. The van der Waals surface area contributed by atoms with Crippen LogP contribution in [0.1, 0.15) is 108 Å². The van der Waals surface area contributed by atoms with Crippen LogP contribution in [0.5, 0.6) is 0 Å². The van der Waals surface area contributed by atoms with Crippen LogP contribution < -0.4 is 4.57 Å². The van der Waals surface area contributed by atoms with Crippen molar-refractivity contribution < 1.29 is 9.36 Å². The molecule has 0 bridgehead atoms. The third-order valence-electron chi connectivity index (χ3n) is 6.05. The second kappa shape index (κ2) is 14.9. The molecule has 1 amide bonds. The van der Waals surface area contributed by atoms with E-state index in [-0.39, 0.29) is 5.37 Å². The summed E-state index contributed by atoms with van der Waals surface area (Å²) in [6.45, 7) is 3.17. The second-order valence-corrected chi connectivity index (χ2v) is 9.73. The molecule has 1 fully saturated rings. The van der Waals surface area contributed by atoms with Crippen molar-refractivity contribution >= 4 is 17.7 Å². The number of unbranched alkanes of at least 4 members (excludes halogenated alkanes) is 12. The number of aromatic nitrogens is 1. The van der Waals surface area contributed by atoms with E-state index in [1.807, 2.05) is 17.8 Å². The summed E-state index contributed by atoms with van der Waals surface area (Å²) in [6, 6.07) is 6.26. The molecule has 1 atom stereocenters. The summed E-state index contributed by atoms with van der Waals surface area (Å²) in [5, 5.41) is 0.190. The van der Waals surface area contributed by atoms with Crippen molar-refractivity contribution in [1.29, 1.82) is 0 Å². The number of nitrogens with zero attached hydrogens (tertiary/aromatic N) is 2. The van der Waals surface area contributed by atoms with Crippen LogP contribution in [0.3, 0.4) is 0 Å². The largest absolute Gasteiger partial charge is 0.320 e. The minimum atomic E-state index is 0.190. The maximum atomic E-state index is 12.7. The van der Waals surface area contributed by atoms with Crippen molar-refractivity contribution in [3.63, 3.8) is 0 Å². The first-order chi connectivity index (χ1) is 14.2. The van der Waals surface area contributed by atoms with E-state index in [0.717, 1.165) is 18.7 Å². The molecule has 2 heterocycles. The van der Waals surface area contributed by atoms with Gasteiger partial charge in [0.2, 0.25) is 11.6 Å². The lowest BCUT2D eigenvalue weighted by Crippen LogP contribution is -2.39. The average molecular weight is 420 g/mol. The molecule has 3 nitrogen and oxygen atoms in total. The van der Waals surface area contributed by atoms with E-state index >= 15 is 0 Å². The van der Waals surface area contributed by atoms with E-state index in [1.165, 1.54) is 82.7 Å². The molecule has 1 saturated heterocycles. The van der Waals surface area contributed by atoms with E-state index in [4.69, 9.17) is 0 Å². The molecule has 0 spiro atoms. The molecule has 0 N–H and O–H groups in total. The van der Waals surface area contributed by atoms with Gasteiger partial charge >= 0.3 is 0 Å². The van der Waals surface area contributed by atoms with E-state index in [1.54, 1.807) is 0 Å². The molecule has 1 aliphatic rings. The lowest BCUT2D eigenvalue weighted by atomic mass is 10.0. The summed E-state index contributed by atoms with van der Waals surface area (Å²) in [7, 11) is 2.07. The number of carbonyl (C=O) groups is 1. The number of amides is 1. The first-order valence-corrected chi connectivity index (χ1v) is 13.1. The van der Waals surface area contributed by atoms with Gasteiger partial charge in [0.1, 0.15) is 7.05 Å². The Morgan fingerprint density at radius 1 is 0.966 bits per heavy atom. The third kappa shape index (κ3) is 9.11. The molecule has 0 aliphatic carbocycles. The van der Waals surface area contributed by atoms with Gasteiger partial charge in [-0.15, -0.1) is 11.8 Å². The van der Waals surface area contributed by atoms with Crippen molar-refractivity contribution in [3.8, 4) is 0 Å². The van der Waals surface area contributed by atoms with Crippen LogP contribution in [0.15, 0.2) is 24.4 Å². The Bertz CT molecular complexity index is 578. The number of aryl methyl sites for hydroxylation is 1. The lowest BCUT2D eigenvalue weighted by Gasteiger charge is -2.22. The molecule has 1 aliphatic heterocycles. The zero-order chi connectivity index (χ0) is 20.7. The number of hydrogen-bond donors (Lipinski definition) is 0. The maximum absolute atomic E-state index is 12.7. The van der Waals surface area contributed by atoms with Crippen molar-refractivity contribution in [1.82, 2.24) is 4.90 Å². The monoisotopic (exact) mass is 419 g/mol. The van der Waals surface area contributed by atoms with E-state index in [0.29, 0.717) is 12.3 Å². The zero-order valence-electron chi connectivity index (χ0n) is 18.9. The summed E-state index contributed by atoms with van der Waals surface area (Å²) in [5.41, 5.74) is 1.23. The zero-order valence-corrected chi connectivity index (χ0v) is 19.7. The van der Waals surface area contributed by atoms with Crippen LogP contribution >= 0.6 is 11.8 Å². The Balaban J connectivity index is 1.50. The van der Waals surface area contributed by atoms with Gasteiger partial charge in [0.15, 0.2) is 11.6 Å². The maximum Gasteiger partial charge on any atom is 0.223 e. The third-order valence-corrected chi connectivity index (χ3v) is 7.28. The summed E-state index contributed by atoms with van der Waals surface area (Å²) in [5.74, 6) is 1.39. The van der Waals surface area contributed by atoms with Crippen molar-refractivity contribution in [3.05, 3.63) is 30.1 Å². The van der Waals surface area contributed by atoms with Gasteiger partial charge in [-0.2, -0.15) is 0 Å². The highest BCUT2D eigenvalue weighted by molar-refractivity contribution is 7.99. The molecule has 0 saturated carbocycles. The second-order valence-electron chi connectivity index (χ2n) is 8.54. The van der Waals surface area contributed by atoms with E-state index in [2.05, 4.69) is 41.8 Å². The van der Waals surface area contributed by atoms with Gasteiger partial charge < -0.3 is 4.90 Å². The van der Waals surface area contributed by atoms with Gasteiger partial charge in [0, 0.05) is 30.9 Å². The number of carbonyl (C=O) groups excluding carboxylic acids is 1. The van der Waals surface area contributed by atoms with Crippen LogP contribution in [0, 0.1) is 0 Å². The van der Waals surface area contributed by atoms with Gasteiger partial charge in [-0.1, -0.05) is 84.0 Å². The molecule has 2 rings (SSSR count).